The second-order valence-corrected chi connectivity index (χ2v) is 21.0. The van der Waals surface area contributed by atoms with E-state index in [-0.39, 0.29) is 37.9 Å². The zero-order valence-corrected chi connectivity index (χ0v) is 33.0. The fourth-order valence-corrected chi connectivity index (χ4v) is 7.48. The quantitative estimate of drug-likeness (QED) is 0.334. The van der Waals surface area contributed by atoms with Crippen LogP contribution in [0.25, 0.3) is 0 Å². The van der Waals surface area contributed by atoms with Crippen LogP contribution in [-0.4, -0.2) is 0 Å². The van der Waals surface area contributed by atoms with E-state index in [9.17, 15) is 0 Å². The zero-order chi connectivity index (χ0) is 34.1. The molecule has 0 radical (unpaired) electrons. The summed E-state index contributed by atoms with van der Waals surface area (Å²) in [5.41, 5.74) is 14.3. The monoisotopic (exact) mass is 589 g/mol. The molecule has 43 heavy (non-hydrogen) atoms. The molecule has 0 heterocycles. The van der Waals surface area contributed by atoms with Crippen molar-refractivity contribution in [2.75, 3.05) is 0 Å². The van der Waals surface area contributed by atoms with Gasteiger partial charge in [0.2, 0.25) is 0 Å². The molecule has 0 bridgehead atoms. The fourth-order valence-electron chi connectivity index (χ4n) is 7.48. The van der Waals surface area contributed by atoms with E-state index < -0.39 is 0 Å². The van der Waals surface area contributed by atoms with Crippen LogP contribution in [0.3, 0.4) is 0 Å². The van der Waals surface area contributed by atoms with Gasteiger partial charge in [-0.1, -0.05) is 171 Å². The summed E-state index contributed by atoms with van der Waals surface area (Å²) in [4.78, 5) is 0. The van der Waals surface area contributed by atoms with Crippen molar-refractivity contribution in [2.24, 2.45) is 0 Å². The minimum atomic E-state index is 0.0234. The maximum atomic E-state index is 2.65. The van der Waals surface area contributed by atoms with Crippen LogP contribution in [0.1, 0.15) is 208 Å². The standard InChI is InChI=1S/C43H72/c1-27(25-29-30(37(2,3)4)23-24-31(38(5,6)7)33(29)40(11,12)13)28-26-32(39(8,9)10)35(42(17,18)19)36(43(20,21)22)34(28)41(14,15)16/h23-24,26-27H,25H2,1-22H3. The number of benzene rings is 2. The summed E-state index contributed by atoms with van der Waals surface area (Å²) >= 11 is 0. The molecule has 244 valence electrons. The lowest BCUT2D eigenvalue weighted by Crippen LogP contribution is -2.34. The van der Waals surface area contributed by atoms with Crippen LogP contribution in [0.15, 0.2) is 18.2 Å². The summed E-state index contributed by atoms with van der Waals surface area (Å²) in [5.74, 6) is 0.378. The lowest BCUT2D eigenvalue weighted by atomic mass is 9.61. The van der Waals surface area contributed by atoms with Gasteiger partial charge >= 0.3 is 0 Å². The lowest BCUT2D eigenvalue weighted by Gasteiger charge is -2.43. The first-order valence-corrected chi connectivity index (χ1v) is 17.1. The van der Waals surface area contributed by atoms with Crippen molar-refractivity contribution in [3.8, 4) is 0 Å². The lowest BCUT2D eigenvalue weighted by molar-refractivity contribution is 0.469. The second-order valence-electron chi connectivity index (χ2n) is 21.0. The van der Waals surface area contributed by atoms with Gasteiger partial charge in [0.05, 0.1) is 0 Å². The first-order valence-electron chi connectivity index (χ1n) is 17.1. The summed E-state index contributed by atoms with van der Waals surface area (Å²) in [6, 6.07) is 7.57. The Hall–Kier alpha value is -1.56. The van der Waals surface area contributed by atoms with Crippen LogP contribution in [0.5, 0.6) is 0 Å². The molecule has 0 aliphatic rings. The highest BCUT2D eigenvalue weighted by Gasteiger charge is 2.39. The molecule has 0 N–H and O–H groups in total. The Morgan fingerprint density at radius 1 is 0.395 bits per heavy atom. The van der Waals surface area contributed by atoms with Crippen LogP contribution in [0.2, 0.25) is 0 Å². The first kappa shape index (κ1) is 37.6. The molecule has 1 unspecified atom stereocenters. The van der Waals surface area contributed by atoms with Crippen molar-refractivity contribution < 1.29 is 0 Å². The van der Waals surface area contributed by atoms with E-state index in [2.05, 4.69) is 171 Å². The van der Waals surface area contributed by atoms with Gasteiger partial charge in [-0.3, -0.25) is 0 Å². The van der Waals surface area contributed by atoms with E-state index in [0.29, 0.717) is 5.92 Å². The largest absolute Gasteiger partial charge is 0.0581 e. The molecule has 1 atom stereocenters. The van der Waals surface area contributed by atoms with Crippen LogP contribution in [0, 0.1) is 0 Å². The minimum absolute atomic E-state index is 0.0234. The summed E-state index contributed by atoms with van der Waals surface area (Å²) in [6.45, 7) is 53.3. The molecule has 0 aliphatic carbocycles. The molecule has 0 aliphatic heterocycles. The van der Waals surface area contributed by atoms with Crippen molar-refractivity contribution in [1.82, 2.24) is 0 Å². The predicted molar refractivity (Wildman–Crippen MR) is 196 cm³/mol. The van der Waals surface area contributed by atoms with Gasteiger partial charge in [-0.2, -0.15) is 0 Å². The van der Waals surface area contributed by atoms with Crippen molar-refractivity contribution in [1.29, 1.82) is 0 Å². The average Bonchev–Trinajstić information content (AvgIpc) is 2.72. The van der Waals surface area contributed by atoms with Crippen molar-refractivity contribution in [3.63, 3.8) is 0 Å². The molecule has 0 fully saturated rings. The SMILES string of the molecule is CC(Cc1c(C(C)(C)C)ccc(C(C)(C)C)c1C(C)(C)C)c1cc(C(C)(C)C)c(C(C)(C)C)c(C(C)(C)C)c1C(C)(C)C. The molecule has 2 aromatic rings. The third-order valence-corrected chi connectivity index (χ3v) is 9.14. The Balaban J connectivity index is 3.21. The summed E-state index contributed by atoms with van der Waals surface area (Å²) in [6.07, 6.45) is 1.05. The third-order valence-electron chi connectivity index (χ3n) is 9.14. The highest BCUT2D eigenvalue weighted by atomic mass is 14.4. The van der Waals surface area contributed by atoms with E-state index in [1.54, 1.807) is 33.4 Å². The molecular weight excluding hydrogens is 516 g/mol. The van der Waals surface area contributed by atoms with Gasteiger partial charge in [-0.15, -0.1) is 0 Å². The highest BCUT2D eigenvalue weighted by Crippen LogP contribution is 2.50. The Bertz CT molecular complexity index is 1290. The van der Waals surface area contributed by atoms with Gasteiger partial charge in [0, 0.05) is 0 Å². The van der Waals surface area contributed by atoms with Gasteiger partial charge < -0.3 is 0 Å². The van der Waals surface area contributed by atoms with Crippen LogP contribution in [-0.2, 0) is 44.3 Å². The molecule has 2 rings (SSSR count). The third kappa shape index (κ3) is 8.19. The highest BCUT2D eigenvalue weighted by molar-refractivity contribution is 5.58. The summed E-state index contributed by atoms with van der Waals surface area (Å²) in [7, 11) is 0. The topological polar surface area (TPSA) is 0 Å². The molecular formula is C43H72. The minimum Gasteiger partial charge on any atom is -0.0581 e. The van der Waals surface area contributed by atoms with Crippen LogP contribution < -0.4 is 0 Å². The molecule has 0 nitrogen and oxygen atoms in total. The van der Waals surface area contributed by atoms with E-state index in [1.165, 1.54) is 16.7 Å². The summed E-state index contributed by atoms with van der Waals surface area (Å²) < 4.78 is 0. The van der Waals surface area contributed by atoms with Crippen molar-refractivity contribution in [2.45, 2.75) is 203 Å². The number of hydrogen-bond donors (Lipinski definition) is 0. The molecule has 0 saturated heterocycles. The molecule has 0 aromatic heterocycles. The Morgan fingerprint density at radius 3 is 1.07 bits per heavy atom. The summed E-state index contributed by atoms with van der Waals surface area (Å²) in [5, 5.41) is 0. The maximum absolute atomic E-state index is 2.65. The smallest absolute Gasteiger partial charge is 0.0126 e. The number of hydrogen-bond acceptors (Lipinski definition) is 0. The second kappa shape index (κ2) is 11.4. The van der Waals surface area contributed by atoms with Crippen LogP contribution in [0.4, 0.5) is 0 Å². The van der Waals surface area contributed by atoms with Gasteiger partial charge in [0.1, 0.15) is 0 Å². The average molecular weight is 589 g/mol. The van der Waals surface area contributed by atoms with Gasteiger partial charge in [0.15, 0.2) is 0 Å². The molecule has 0 spiro atoms. The zero-order valence-electron chi connectivity index (χ0n) is 33.0. The molecule has 0 amide bonds. The van der Waals surface area contributed by atoms with Crippen molar-refractivity contribution in [3.05, 3.63) is 68.3 Å². The number of rotatable bonds is 3. The normalized spacial score (nSPS) is 15.2. The van der Waals surface area contributed by atoms with E-state index in [4.69, 9.17) is 0 Å². The van der Waals surface area contributed by atoms with Gasteiger partial charge in [-0.05, 0) is 100 Å². The Morgan fingerprint density at radius 2 is 0.744 bits per heavy atom. The maximum Gasteiger partial charge on any atom is -0.0126 e. The van der Waals surface area contributed by atoms with E-state index >= 15 is 0 Å². The predicted octanol–water partition coefficient (Wildman–Crippen LogP) is 13.1. The van der Waals surface area contributed by atoms with Gasteiger partial charge in [-0.25, -0.2) is 0 Å². The first-order chi connectivity index (χ1) is 18.7. The van der Waals surface area contributed by atoms with Crippen molar-refractivity contribution >= 4 is 0 Å². The molecule has 2 aromatic carbocycles. The Labute approximate surface area is 270 Å². The van der Waals surface area contributed by atoms with E-state index in [0.717, 1.165) is 6.42 Å². The van der Waals surface area contributed by atoms with Gasteiger partial charge in [0.25, 0.3) is 0 Å². The fraction of sp³-hybridized carbons (Fsp3) is 0.721. The molecule has 0 saturated carbocycles. The Kier molecular flexibility index (Phi) is 9.93. The molecule has 0 heteroatoms. The van der Waals surface area contributed by atoms with Crippen LogP contribution >= 0.6 is 0 Å². The van der Waals surface area contributed by atoms with E-state index in [1.807, 2.05) is 0 Å².